The van der Waals surface area contributed by atoms with Crippen molar-refractivity contribution in [2.24, 2.45) is 28.6 Å². The Morgan fingerprint density at radius 1 is 1.03 bits per heavy atom. The van der Waals surface area contributed by atoms with Crippen LogP contribution in [-0.2, 0) is 0 Å². The van der Waals surface area contributed by atoms with Crippen LogP contribution in [0.15, 0.2) is 48.3 Å². The zero-order valence-corrected chi connectivity index (χ0v) is 17.6. The summed E-state index contributed by atoms with van der Waals surface area (Å²) in [5.41, 5.74) is 6.26. The van der Waals surface area contributed by atoms with Crippen molar-refractivity contribution >= 4 is 11.1 Å². The molecule has 2 aromatic heterocycles. The predicted molar refractivity (Wildman–Crippen MR) is 116 cm³/mol. The number of hydrogen-bond donors (Lipinski definition) is 1. The normalized spacial score (nSPS) is 41.3. The molecule has 6 atom stereocenters. The third kappa shape index (κ3) is 2.37. The average molecular weight is 389 g/mol. The van der Waals surface area contributed by atoms with Gasteiger partial charge < -0.3 is 5.11 Å². The Morgan fingerprint density at radius 2 is 1.90 bits per heavy atom. The summed E-state index contributed by atoms with van der Waals surface area (Å²) in [6.07, 6.45) is 17.2. The second-order valence-electron chi connectivity index (χ2n) is 10.6. The first-order valence-electron chi connectivity index (χ1n) is 11.5. The highest BCUT2D eigenvalue weighted by atomic mass is 16.3. The average Bonchev–Trinajstić information content (AvgIpc) is 3.29. The van der Waals surface area contributed by atoms with E-state index in [9.17, 15) is 5.11 Å². The molecule has 4 aliphatic carbocycles. The summed E-state index contributed by atoms with van der Waals surface area (Å²) in [5.74, 6) is 2.29. The first-order chi connectivity index (χ1) is 14.0. The minimum absolute atomic E-state index is 0.116. The van der Waals surface area contributed by atoms with Gasteiger partial charge in [-0.2, -0.15) is 5.10 Å². The van der Waals surface area contributed by atoms with Crippen LogP contribution in [0.25, 0.3) is 11.1 Å². The van der Waals surface area contributed by atoms with Gasteiger partial charge in [-0.05, 0) is 91.2 Å². The smallest absolute Gasteiger partial charge is 0.0736 e. The van der Waals surface area contributed by atoms with E-state index in [-0.39, 0.29) is 11.5 Å². The lowest BCUT2D eigenvalue weighted by Gasteiger charge is -2.57. The summed E-state index contributed by atoms with van der Waals surface area (Å²) < 4.78 is 2.02. The molecule has 2 aromatic rings. The standard InChI is InChI=1S/C26H32N2O/c1-25-12-10-18(29)15-17(25)6-7-19-21-8-9-22(26(21,2)13-11-23(19)25)20-16-27-28-14-4-3-5-24(20)28/h3-6,9,14,16,18-19,21,23,29H,7-8,10-13,15H2,1-2H3/t18-,19?,21?,23?,25-,26-/m0/s1. The maximum Gasteiger partial charge on any atom is 0.0736 e. The monoisotopic (exact) mass is 388 g/mol. The Morgan fingerprint density at radius 3 is 2.79 bits per heavy atom. The van der Waals surface area contributed by atoms with Gasteiger partial charge in [0.15, 0.2) is 0 Å². The molecule has 0 bridgehead atoms. The molecule has 1 N–H and O–H groups in total. The van der Waals surface area contributed by atoms with Crippen molar-refractivity contribution in [2.75, 3.05) is 0 Å². The lowest BCUT2D eigenvalue weighted by atomic mass is 9.47. The van der Waals surface area contributed by atoms with Crippen LogP contribution in [-0.4, -0.2) is 20.8 Å². The fraction of sp³-hybridized carbons (Fsp3) is 0.577. The molecule has 0 spiro atoms. The summed E-state index contributed by atoms with van der Waals surface area (Å²) in [4.78, 5) is 0. The van der Waals surface area contributed by atoms with Crippen molar-refractivity contribution in [1.82, 2.24) is 9.61 Å². The van der Waals surface area contributed by atoms with Crippen molar-refractivity contribution in [3.8, 4) is 0 Å². The zero-order valence-electron chi connectivity index (χ0n) is 17.6. The first-order valence-corrected chi connectivity index (χ1v) is 11.5. The SMILES string of the molecule is C[C@]12CC[C@H](O)CC1=CCC1C2CC[C@]2(C)C(c3cnn4ccccc34)=CCC12. The van der Waals surface area contributed by atoms with E-state index in [2.05, 4.69) is 61.7 Å². The van der Waals surface area contributed by atoms with Crippen molar-refractivity contribution in [3.05, 3.63) is 53.9 Å². The maximum absolute atomic E-state index is 10.2. The summed E-state index contributed by atoms with van der Waals surface area (Å²) in [7, 11) is 0. The Balaban J connectivity index is 1.36. The van der Waals surface area contributed by atoms with E-state index in [1.807, 2.05) is 4.52 Å². The van der Waals surface area contributed by atoms with Crippen LogP contribution in [0.3, 0.4) is 0 Å². The molecule has 3 nitrogen and oxygen atoms in total. The van der Waals surface area contributed by atoms with Gasteiger partial charge in [0.05, 0.1) is 17.8 Å². The first kappa shape index (κ1) is 17.9. The summed E-state index contributed by atoms with van der Waals surface area (Å²) in [5, 5.41) is 14.8. The number of fused-ring (bicyclic) bond motifs is 6. The van der Waals surface area contributed by atoms with Gasteiger partial charge in [-0.25, -0.2) is 4.52 Å². The number of allylic oxidation sites excluding steroid dienone is 3. The van der Waals surface area contributed by atoms with E-state index in [4.69, 9.17) is 0 Å². The third-order valence-corrected chi connectivity index (χ3v) is 9.38. The Hall–Kier alpha value is -1.87. The van der Waals surface area contributed by atoms with Crippen LogP contribution in [0, 0.1) is 28.6 Å². The van der Waals surface area contributed by atoms with Crippen LogP contribution in [0.2, 0.25) is 0 Å². The molecule has 2 fully saturated rings. The van der Waals surface area contributed by atoms with Gasteiger partial charge in [-0.1, -0.05) is 37.6 Å². The van der Waals surface area contributed by atoms with Gasteiger partial charge in [-0.3, -0.25) is 0 Å². The number of aromatic nitrogens is 2. The van der Waals surface area contributed by atoms with Crippen LogP contribution in [0.4, 0.5) is 0 Å². The second-order valence-corrected chi connectivity index (χ2v) is 10.6. The molecule has 0 aliphatic heterocycles. The summed E-state index contributed by atoms with van der Waals surface area (Å²) >= 11 is 0. The van der Waals surface area contributed by atoms with Crippen molar-refractivity contribution < 1.29 is 5.11 Å². The van der Waals surface area contributed by atoms with Crippen LogP contribution in [0.1, 0.15) is 64.4 Å². The molecule has 0 aromatic carbocycles. The molecular formula is C26H32N2O. The van der Waals surface area contributed by atoms with Crippen molar-refractivity contribution in [3.63, 3.8) is 0 Å². The Bertz CT molecular complexity index is 1030. The number of nitrogens with zero attached hydrogens (tertiary/aromatic N) is 2. The molecule has 0 radical (unpaired) electrons. The van der Waals surface area contributed by atoms with E-state index in [1.54, 1.807) is 11.1 Å². The largest absolute Gasteiger partial charge is 0.393 e. The number of pyridine rings is 1. The van der Waals surface area contributed by atoms with Crippen LogP contribution < -0.4 is 0 Å². The molecule has 2 saturated carbocycles. The minimum atomic E-state index is -0.116. The van der Waals surface area contributed by atoms with Gasteiger partial charge in [0.2, 0.25) is 0 Å². The van der Waals surface area contributed by atoms with E-state index in [1.165, 1.54) is 43.2 Å². The van der Waals surface area contributed by atoms with Gasteiger partial charge >= 0.3 is 0 Å². The van der Waals surface area contributed by atoms with Crippen molar-refractivity contribution in [2.45, 2.75) is 64.9 Å². The number of hydrogen-bond acceptors (Lipinski definition) is 2. The number of aliphatic hydroxyl groups excluding tert-OH is 1. The van der Waals surface area contributed by atoms with Gasteiger partial charge in [0, 0.05) is 11.8 Å². The van der Waals surface area contributed by atoms with Crippen LogP contribution >= 0.6 is 0 Å². The minimum Gasteiger partial charge on any atom is -0.393 e. The Kier molecular flexibility index (Phi) is 3.76. The van der Waals surface area contributed by atoms with Gasteiger partial charge in [-0.15, -0.1) is 0 Å². The van der Waals surface area contributed by atoms with Gasteiger partial charge in [0.25, 0.3) is 0 Å². The molecule has 0 amide bonds. The topological polar surface area (TPSA) is 37.5 Å². The highest BCUT2D eigenvalue weighted by Crippen LogP contribution is 2.66. The maximum atomic E-state index is 10.2. The van der Waals surface area contributed by atoms with Crippen LogP contribution in [0.5, 0.6) is 0 Å². The van der Waals surface area contributed by atoms with E-state index < -0.39 is 0 Å². The number of aliphatic hydroxyl groups is 1. The highest BCUT2D eigenvalue weighted by Gasteiger charge is 2.56. The lowest BCUT2D eigenvalue weighted by molar-refractivity contribution is -0.0237. The molecular weight excluding hydrogens is 356 g/mol. The lowest BCUT2D eigenvalue weighted by Crippen LogP contribution is -2.49. The Labute approximate surface area is 173 Å². The molecule has 3 heteroatoms. The molecule has 4 aliphatic rings. The fourth-order valence-electron chi connectivity index (χ4n) is 7.77. The molecule has 6 rings (SSSR count). The van der Waals surface area contributed by atoms with E-state index in [0.29, 0.717) is 5.41 Å². The predicted octanol–water partition coefficient (Wildman–Crippen LogP) is 5.65. The van der Waals surface area contributed by atoms with E-state index >= 15 is 0 Å². The molecule has 2 heterocycles. The fourth-order valence-corrected chi connectivity index (χ4v) is 7.77. The highest BCUT2D eigenvalue weighted by molar-refractivity contribution is 5.82. The quantitative estimate of drug-likeness (QED) is 0.641. The number of rotatable bonds is 1. The van der Waals surface area contributed by atoms with Crippen molar-refractivity contribution in [1.29, 1.82) is 0 Å². The third-order valence-electron chi connectivity index (χ3n) is 9.38. The molecule has 152 valence electrons. The second kappa shape index (κ2) is 6.07. The van der Waals surface area contributed by atoms with Gasteiger partial charge in [0.1, 0.15) is 0 Å². The zero-order chi connectivity index (χ0) is 19.8. The molecule has 29 heavy (non-hydrogen) atoms. The van der Waals surface area contributed by atoms with E-state index in [0.717, 1.165) is 30.6 Å². The summed E-state index contributed by atoms with van der Waals surface area (Å²) in [6.45, 7) is 5.05. The molecule has 0 saturated heterocycles. The molecule has 3 unspecified atom stereocenters. The summed E-state index contributed by atoms with van der Waals surface area (Å²) in [6, 6.07) is 6.38.